The maximum atomic E-state index is 12.2. The molecule has 6 heteroatoms. The molecule has 0 aliphatic rings. The summed E-state index contributed by atoms with van der Waals surface area (Å²) in [5, 5.41) is 2.80. The summed E-state index contributed by atoms with van der Waals surface area (Å²) in [5.74, 6) is -0.329. The Morgan fingerprint density at radius 3 is 2.48 bits per heavy atom. The lowest BCUT2D eigenvalue weighted by molar-refractivity contribution is 0.102. The molecule has 0 unspecified atom stereocenters. The van der Waals surface area contributed by atoms with Crippen LogP contribution in [-0.2, 0) is 9.84 Å². The maximum absolute atomic E-state index is 12.2. The summed E-state index contributed by atoms with van der Waals surface area (Å²) < 4.78 is 24.1. The molecule has 0 saturated carbocycles. The third-order valence-electron chi connectivity index (χ3n) is 2.96. The van der Waals surface area contributed by atoms with Crippen LogP contribution in [0.3, 0.4) is 0 Å². The van der Waals surface area contributed by atoms with E-state index in [-0.39, 0.29) is 10.8 Å². The van der Waals surface area contributed by atoms with E-state index in [2.05, 4.69) is 27.9 Å². The summed E-state index contributed by atoms with van der Waals surface area (Å²) in [6.45, 7) is 1.91. The predicted molar refractivity (Wildman–Crippen MR) is 91.4 cm³/mol. The van der Waals surface area contributed by atoms with Crippen molar-refractivity contribution in [3.05, 3.63) is 57.2 Å². The number of sulfone groups is 1. The Labute approximate surface area is 137 Å². The van der Waals surface area contributed by atoms with Crippen LogP contribution in [0.25, 0.3) is 0 Å². The van der Waals surface area contributed by atoms with Crippen LogP contribution in [0.2, 0.25) is 0 Å². The molecule has 1 N–H and O–H groups in total. The molecule has 0 radical (unpaired) electrons. The number of anilines is 1. The molecule has 0 aliphatic carbocycles. The molecule has 2 aromatic carbocycles. The van der Waals surface area contributed by atoms with Crippen molar-refractivity contribution in [1.29, 1.82) is 0 Å². The van der Waals surface area contributed by atoms with E-state index in [9.17, 15) is 13.2 Å². The number of nitrogens with one attached hydrogen (secondary N) is 1. The fourth-order valence-corrected chi connectivity index (χ4v) is 3.14. The highest BCUT2D eigenvalue weighted by Gasteiger charge is 2.12. The fourth-order valence-electron chi connectivity index (χ4n) is 1.83. The van der Waals surface area contributed by atoms with Gasteiger partial charge in [0.2, 0.25) is 0 Å². The van der Waals surface area contributed by atoms with Gasteiger partial charge in [0.25, 0.3) is 5.91 Å². The maximum Gasteiger partial charge on any atom is 0.255 e. The first-order valence-electron chi connectivity index (χ1n) is 6.15. The Hall–Kier alpha value is -1.41. The number of rotatable bonds is 3. The Morgan fingerprint density at radius 2 is 1.86 bits per heavy atom. The molecule has 2 aromatic rings. The van der Waals surface area contributed by atoms with Crippen LogP contribution in [0.15, 0.2) is 47.4 Å². The number of hydrogen-bond donors (Lipinski definition) is 1. The lowest BCUT2D eigenvalue weighted by Crippen LogP contribution is -2.13. The van der Waals surface area contributed by atoms with Gasteiger partial charge in [0.05, 0.1) is 4.90 Å². The highest BCUT2D eigenvalue weighted by atomic mass is 127. The average Bonchev–Trinajstić information content (AvgIpc) is 2.41. The summed E-state index contributed by atoms with van der Waals surface area (Å²) in [5.41, 5.74) is 1.98. The summed E-state index contributed by atoms with van der Waals surface area (Å²) in [7, 11) is -3.33. The first kappa shape index (κ1) is 16.0. The van der Waals surface area contributed by atoms with Crippen molar-refractivity contribution >= 4 is 44.0 Å². The first-order valence-corrected chi connectivity index (χ1v) is 9.12. The molecule has 4 nitrogen and oxygen atoms in total. The number of benzene rings is 2. The van der Waals surface area contributed by atoms with Crippen LogP contribution in [0, 0.1) is 10.5 Å². The van der Waals surface area contributed by atoms with E-state index < -0.39 is 9.84 Å². The van der Waals surface area contributed by atoms with Gasteiger partial charge >= 0.3 is 0 Å². The molecule has 2 rings (SSSR count). The molecule has 0 aliphatic heterocycles. The van der Waals surface area contributed by atoms with Crippen molar-refractivity contribution in [2.45, 2.75) is 11.8 Å². The zero-order valence-electron chi connectivity index (χ0n) is 11.6. The standard InChI is InChI=1S/C15H14INO3S/c1-10-8-12(16)6-7-14(10)17-15(18)11-4-3-5-13(9-11)21(2,19)20/h3-9H,1-2H3,(H,17,18). The molecule has 0 aromatic heterocycles. The molecule has 0 atom stereocenters. The van der Waals surface area contributed by atoms with E-state index in [4.69, 9.17) is 0 Å². The highest BCUT2D eigenvalue weighted by Crippen LogP contribution is 2.19. The number of carbonyl (C=O) groups excluding carboxylic acids is 1. The van der Waals surface area contributed by atoms with Gasteiger partial charge in [0.1, 0.15) is 0 Å². The second-order valence-electron chi connectivity index (χ2n) is 4.71. The summed E-state index contributed by atoms with van der Waals surface area (Å²) in [6, 6.07) is 11.7. The normalized spacial score (nSPS) is 11.2. The third kappa shape index (κ3) is 4.04. The van der Waals surface area contributed by atoms with Crippen LogP contribution < -0.4 is 5.32 Å². The number of aryl methyl sites for hydroxylation is 1. The Kier molecular flexibility index (Phi) is 4.67. The van der Waals surface area contributed by atoms with Crippen molar-refractivity contribution < 1.29 is 13.2 Å². The van der Waals surface area contributed by atoms with E-state index in [1.165, 1.54) is 12.1 Å². The van der Waals surface area contributed by atoms with Crippen LogP contribution in [0.5, 0.6) is 0 Å². The van der Waals surface area contributed by atoms with Gasteiger partial charge in [-0.3, -0.25) is 4.79 Å². The van der Waals surface area contributed by atoms with Gasteiger partial charge in [-0.1, -0.05) is 6.07 Å². The van der Waals surface area contributed by atoms with Gasteiger partial charge in [-0.2, -0.15) is 0 Å². The predicted octanol–water partition coefficient (Wildman–Crippen LogP) is 3.26. The van der Waals surface area contributed by atoms with Crippen molar-refractivity contribution in [2.75, 3.05) is 11.6 Å². The van der Waals surface area contributed by atoms with Crippen LogP contribution in [0.4, 0.5) is 5.69 Å². The van der Waals surface area contributed by atoms with E-state index in [0.717, 1.165) is 15.4 Å². The van der Waals surface area contributed by atoms with E-state index >= 15 is 0 Å². The molecule has 0 bridgehead atoms. The Morgan fingerprint density at radius 1 is 1.14 bits per heavy atom. The minimum atomic E-state index is -3.33. The lowest BCUT2D eigenvalue weighted by Gasteiger charge is -2.09. The van der Waals surface area contributed by atoms with E-state index in [0.29, 0.717) is 11.3 Å². The van der Waals surface area contributed by atoms with Crippen molar-refractivity contribution in [3.63, 3.8) is 0 Å². The smallest absolute Gasteiger partial charge is 0.255 e. The molecule has 21 heavy (non-hydrogen) atoms. The molecule has 0 heterocycles. The summed E-state index contributed by atoms with van der Waals surface area (Å²) >= 11 is 2.20. The largest absolute Gasteiger partial charge is 0.322 e. The molecule has 0 fully saturated rings. The van der Waals surface area contributed by atoms with Gasteiger partial charge in [0.15, 0.2) is 9.84 Å². The molecular weight excluding hydrogens is 401 g/mol. The molecule has 1 amide bonds. The van der Waals surface area contributed by atoms with Gasteiger partial charge < -0.3 is 5.32 Å². The third-order valence-corrected chi connectivity index (χ3v) is 4.74. The highest BCUT2D eigenvalue weighted by molar-refractivity contribution is 14.1. The molecular formula is C15H14INO3S. The van der Waals surface area contributed by atoms with Gasteiger partial charge in [0, 0.05) is 21.1 Å². The van der Waals surface area contributed by atoms with E-state index in [1.807, 2.05) is 25.1 Å². The number of amides is 1. The van der Waals surface area contributed by atoms with Gasteiger partial charge in [-0.15, -0.1) is 0 Å². The molecule has 0 spiro atoms. The van der Waals surface area contributed by atoms with Crippen molar-refractivity contribution in [3.8, 4) is 0 Å². The second-order valence-corrected chi connectivity index (χ2v) is 7.97. The monoisotopic (exact) mass is 415 g/mol. The SMILES string of the molecule is Cc1cc(I)ccc1NC(=O)c1cccc(S(C)(=O)=O)c1. The number of halogens is 1. The van der Waals surface area contributed by atoms with Gasteiger partial charge in [-0.25, -0.2) is 8.42 Å². The molecule has 0 saturated heterocycles. The fraction of sp³-hybridized carbons (Fsp3) is 0.133. The van der Waals surface area contributed by atoms with Crippen LogP contribution in [0.1, 0.15) is 15.9 Å². The van der Waals surface area contributed by atoms with Crippen LogP contribution >= 0.6 is 22.6 Å². The summed E-state index contributed by atoms with van der Waals surface area (Å²) in [6.07, 6.45) is 1.12. The van der Waals surface area contributed by atoms with Gasteiger partial charge in [-0.05, 0) is 71.5 Å². The number of hydrogen-bond acceptors (Lipinski definition) is 3. The van der Waals surface area contributed by atoms with Crippen molar-refractivity contribution in [2.24, 2.45) is 0 Å². The van der Waals surface area contributed by atoms with E-state index in [1.54, 1.807) is 12.1 Å². The van der Waals surface area contributed by atoms with Crippen LogP contribution in [-0.4, -0.2) is 20.6 Å². The Bertz CT molecular complexity index is 800. The summed E-state index contributed by atoms with van der Waals surface area (Å²) in [4.78, 5) is 12.4. The minimum Gasteiger partial charge on any atom is -0.322 e. The average molecular weight is 415 g/mol. The quantitative estimate of drug-likeness (QED) is 0.783. The molecule has 110 valence electrons. The zero-order valence-corrected chi connectivity index (χ0v) is 14.5. The minimum absolute atomic E-state index is 0.134. The zero-order chi connectivity index (χ0) is 15.6. The lowest BCUT2D eigenvalue weighted by atomic mass is 10.1. The first-order chi connectivity index (χ1) is 9.77. The van der Waals surface area contributed by atoms with Crippen molar-refractivity contribution in [1.82, 2.24) is 0 Å². The topological polar surface area (TPSA) is 63.2 Å². The second kappa shape index (κ2) is 6.15. The number of carbonyl (C=O) groups is 1. The Balaban J connectivity index is 2.29.